The molecule has 5 aliphatic rings. The third-order valence-electron chi connectivity index (χ3n) is 12.4. The molecule has 0 aromatic carbocycles. The lowest BCUT2D eigenvalue weighted by molar-refractivity contribution is -0.152. The minimum atomic E-state index is -0.752. The molecule has 0 amide bonds. The topological polar surface area (TPSA) is 63.6 Å². The molecule has 8 atom stereocenters. The molecule has 1 heterocycles. The highest BCUT2D eigenvalue weighted by Crippen LogP contribution is 2.73. The molecule has 2 saturated carbocycles. The number of Topliss-reactive ketones (excluding diaryl/α,β-unsaturated/α-hetero) is 1. The highest BCUT2D eigenvalue weighted by Gasteiger charge is 2.68. The van der Waals surface area contributed by atoms with E-state index in [-0.39, 0.29) is 45.6 Å². The van der Waals surface area contributed by atoms with Crippen LogP contribution in [-0.4, -0.2) is 28.6 Å². The van der Waals surface area contributed by atoms with E-state index in [0.29, 0.717) is 18.1 Å². The van der Waals surface area contributed by atoms with Gasteiger partial charge >= 0.3 is 5.97 Å². The molecule has 2 unspecified atom stereocenters. The second kappa shape index (κ2) is 7.43. The van der Waals surface area contributed by atoms with E-state index in [4.69, 9.17) is 4.74 Å². The van der Waals surface area contributed by atoms with Crippen molar-refractivity contribution in [3.05, 3.63) is 11.1 Å². The van der Waals surface area contributed by atoms with Crippen LogP contribution in [0.4, 0.5) is 0 Å². The molecule has 1 aliphatic heterocycles. The van der Waals surface area contributed by atoms with Gasteiger partial charge in [-0.3, -0.25) is 9.59 Å². The van der Waals surface area contributed by atoms with Crippen molar-refractivity contribution in [2.45, 2.75) is 124 Å². The van der Waals surface area contributed by atoms with Gasteiger partial charge in [-0.15, -0.1) is 0 Å². The predicted molar refractivity (Wildman–Crippen MR) is 133 cm³/mol. The molecule has 4 heteroatoms. The molecular weight excluding hydrogens is 424 g/mol. The van der Waals surface area contributed by atoms with Gasteiger partial charge in [0.05, 0.1) is 11.5 Å². The summed E-state index contributed by atoms with van der Waals surface area (Å²) in [5.41, 5.74) is 2.18. The lowest BCUT2D eigenvalue weighted by Gasteiger charge is -2.62. The Labute approximate surface area is 206 Å². The molecular formula is C30H46O4. The number of hydrogen-bond donors (Lipinski definition) is 1. The number of rotatable bonds is 3. The molecule has 0 aromatic rings. The maximum absolute atomic E-state index is 12.8. The first-order chi connectivity index (χ1) is 15.7. The van der Waals surface area contributed by atoms with Crippen LogP contribution in [0.25, 0.3) is 0 Å². The van der Waals surface area contributed by atoms with Crippen LogP contribution < -0.4 is 0 Å². The molecule has 5 rings (SSSR count). The first-order valence-electron chi connectivity index (χ1n) is 13.9. The summed E-state index contributed by atoms with van der Waals surface area (Å²) in [6.45, 7) is 15.7. The summed E-state index contributed by atoms with van der Waals surface area (Å²) in [6.07, 6.45) is 9.19. The molecule has 0 aromatic heterocycles. The number of cyclic esters (lactones) is 1. The van der Waals surface area contributed by atoms with Crippen LogP contribution in [0.15, 0.2) is 11.1 Å². The number of ether oxygens (including phenoxy) is 1. The average molecular weight is 471 g/mol. The zero-order valence-electron chi connectivity index (χ0n) is 22.6. The van der Waals surface area contributed by atoms with E-state index in [9.17, 15) is 14.7 Å². The molecule has 1 N–H and O–H groups in total. The highest BCUT2D eigenvalue weighted by atomic mass is 16.5. The van der Waals surface area contributed by atoms with Crippen molar-refractivity contribution in [2.24, 2.45) is 39.4 Å². The molecule has 4 aliphatic carbocycles. The van der Waals surface area contributed by atoms with E-state index in [1.165, 1.54) is 0 Å². The normalized spacial score (nSPS) is 48.8. The number of hydrogen-bond acceptors (Lipinski definition) is 4. The maximum atomic E-state index is 12.8. The Kier molecular flexibility index (Phi) is 5.36. The van der Waals surface area contributed by atoms with E-state index >= 15 is 0 Å². The fourth-order valence-corrected chi connectivity index (χ4v) is 9.89. The average Bonchev–Trinajstić information content (AvgIpc) is 3.19. The SMILES string of the molecule is C[C@@H]1CC(C[C@@H](C)[C@@]2(O)CC[C@@]3(C)C4=C(CC[C@@]32C)[C@@]2(C)CCC(=O)C(C)(C)C2CC4)OC1=O. The van der Waals surface area contributed by atoms with E-state index in [1.807, 2.05) is 6.92 Å². The smallest absolute Gasteiger partial charge is 0.309 e. The van der Waals surface area contributed by atoms with Crippen molar-refractivity contribution < 1.29 is 19.4 Å². The van der Waals surface area contributed by atoms with E-state index in [2.05, 4.69) is 41.5 Å². The Morgan fingerprint density at radius 1 is 0.971 bits per heavy atom. The first-order valence-corrected chi connectivity index (χ1v) is 13.9. The van der Waals surface area contributed by atoms with Gasteiger partial charge < -0.3 is 9.84 Å². The third-order valence-corrected chi connectivity index (χ3v) is 12.4. The largest absolute Gasteiger partial charge is 0.462 e. The van der Waals surface area contributed by atoms with Crippen LogP contribution >= 0.6 is 0 Å². The van der Waals surface area contributed by atoms with Gasteiger partial charge in [0, 0.05) is 17.3 Å². The van der Waals surface area contributed by atoms with Crippen molar-refractivity contribution in [2.75, 3.05) is 0 Å². The monoisotopic (exact) mass is 470 g/mol. The fraction of sp³-hybridized carbons (Fsp3) is 0.867. The number of carbonyl (C=O) groups is 2. The molecule has 0 bridgehead atoms. The highest BCUT2D eigenvalue weighted by molar-refractivity contribution is 5.85. The number of aliphatic hydroxyl groups is 1. The second-order valence-electron chi connectivity index (χ2n) is 14.0. The zero-order chi connectivity index (χ0) is 24.9. The molecule has 1 saturated heterocycles. The van der Waals surface area contributed by atoms with Crippen molar-refractivity contribution >= 4 is 11.8 Å². The Morgan fingerprint density at radius 2 is 1.68 bits per heavy atom. The number of carbonyl (C=O) groups excluding carboxylic acids is 2. The second-order valence-corrected chi connectivity index (χ2v) is 14.0. The van der Waals surface area contributed by atoms with Crippen LogP contribution in [0.1, 0.15) is 113 Å². The van der Waals surface area contributed by atoms with Gasteiger partial charge in [0.2, 0.25) is 0 Å². The Morgan fingerprint density at radius 3 is 2.32 bits per heavy atom. The van der Waals surface area contributed by atoms with Crippen molar-refractivity contribution in [3.8, 4) is 0 Å². The summed E-state index contributed by atoms with van der Waals surface area (Å²) >= 11 is 0. The summed E-state index contributed by atoms with van der Waals surface area (Å²) in [7, 11) is 0. The lowest BCUT2D eigenvalue weighted by atomic mass is 9.43. The quantitative estimate of drug-likeness (QED) is 0.383. The molecule has 3 fully saturated rings. The maximum Gasteiger partial charge on any atom is 0.309 e. The van der Waals surface area contributed by atoms with E-state index < -0.39 is 5.60 Å². The minimum absolute atomic E-state index is 0.0111. The van der Waals surface area contributed by atoms with Crippen LogP contribution in [0.5, 0.6) is 0 Å². The number of ketones is 1. The number of allylic oxidation sites excluding steroid dienone is 2. The van der Waals surface area contributed by atoms with Crippen LogP contribution in [0, 0.1) is 39.4 Å². The van der Waals surface area contributed by atoms with E-state index in [0.717, 1.165) is 57.8 Å². The van der Waals surface area contributed by atoms with Crippen LogP contribution in [0.3, 0.4) is 0 Å². The van der Waals surface area contributed by atoms with Gasteiger partial charge in [-0.2, -0.15) is 0 Å². The summed E-state index contributed by atoms with van der Waals surface area (Å²) < 4.78 is 5.64. The van der Waals surface area contributed by atoms with Gasteiger partial charge in [-0.05, 0) is 80.5 Å². The Bertz CT molecular complexity index is 947. The lowest BCUT2D eigenvalue weighted by Crippen LogP contribution is -2.58. The first kappa shape index (κ1) is 24.5. The predicted octanol–water partition coefficient (Wildman–Crippen LogP) is 6.40. The molecule has 0 radical (unpaired) electrons. The van der Waals surface area contributed by atoms with Crippen molar-refractivity contribution in [1.82, 2.24) is 0 Å². The van der Waals surface area contributed by atoms with Gasteiger partial charge in [0.1, 0.15) is 11.9 Å². The minimum Gasteiger partial charge on any atom is -0.462 e. The zero-order valence-corrected chi connectivity index (χ0v) is 22.6. The van der Waals surface area contributed by atoms with Gasteiger partial charge in [0.25, 0.3) is 0 Å². The Balaban J connectivity index is 1.47. The third kappa shape index (κ3) is 2.93. The standard InChI is InChI=1S/C30H46O4/c1-18-16-20(34-25(18)32)17-19(2)30(33)15-14-28(6)22-8-9-23-26(3,4)24(31)11-12-27(23,5)21(22)10-13-29(28,30)7/h18-20,23,33H,8-17H2,1-7H3/t18-,19-,20?,23?,27-,28+,29+,30+/m1/s1. The number of esters is 1. The van der Waals surface area contributed by atoms with E-state index in [1.54, 1.807) is 11.1 Å². The van der Waals surface area contributed by atoms with Crippen LogP contribution in [-0.2, 0) is 14.3 Å². The summed E-state index contributed by atoms with van der Waals surface area (Å²) in [5, 5.41) is 12.4. The molecule has 4 nitrogen and oxygen atoms in total. The Hall–Kier alpha value is -1.16. The molecule has 190 valence electrons. The fourth-order valence-electron chi connectivity index (χ4n) is 9.89. The summed E-state index contributed by atoms with van der Waals surface area (Å²) in [6, 6.07) is 0. The molecule has 0 spiro atoms. The summed E-state index contributed by atoms with van der Waals surface area (Å²) in [4.78, 5) is 24.8. The van der Waals surface area contributed by atoms with Crippen molar-refractivity contribution in [1.29, 1.82) is 0 Å². The van der Waals surface area contributed by atoms with Crippen molar-refractivity contribution in [3.63, 3.8) is 0 Å². The summed E-state index contributed by atoms with van der Waals surface area (Å²) in [5.74, 6) is 0.838. The van der Waals surface area contributed by atoms with Gasteiger partial charge in [0.15, 0.2) is 0 Å². The number of fused-ring (bicyclic) bond motifs is 4. The van der Waals surface area contributed by atoms with Crippen LogP contribution in [0.2, 0.25) is 0 Å². The van der Waals surface area contributed by atoms with Gasteiger partial charge in [-0.1, -0.05) is 59.6 Å². The van der Waals surface area contributed by atoms with Gasteiger partial charge in [-0.25, -0.2) is 0 Å². The molecule has 34 heavy (non-hydrogen) atoms.